The zero-order chi connectivity index (χ0) is 14.8. The minimum Gasteiger partial charge on any atom is -0.333 e. The lowest BCUT2D eigenvalue weighted by molar-refractivity contribution is 0.102. The monoisotopic (exact) mass is 292 g/mol. The van der Waals surface area contributed by atoms with Gasteiger partial charge in [0.15, 0.2) is 0 Å². The van der Waals surface area contributed by atoms with Crippen LogP contribution in [-0.2, 0) is 13.0 Å². The number of nitrogens with one attached hydrogen (secondary N) is 2. The molecule has 1 aliphatic heterocycles. The maximum Gasteiger partial charge on any atom is 0.275 e. The lowest BCUT2D eigenvalue weighted by Crippen LogP contribution is -2.18. The second-order valence-electron chi connectivity index (χ2n) is 4.85. The number of amides is 1. The SMILES string of the molecule is O=C(Nc1cc(F)cc(F)c1)c1cn2c(n1)CCNCC2. The minimum atomic E-state index is -0.739. The Labute approximate surface area is 120 Å². The Morgan fingerprint density at radius 2 is 2.00 bits per heavy atom. The molecule has 1 aromatic carbocycles. The van der Waals surface area contributed by atoms with Crippen molar-refractivity contribution < 1.29 is 13.6 Å². The predicted octanol–water partition coefficient (Wildman–Crippen LogP) is 1.56. The Balaban J connectivity index is 1.79. The fraction of sp³-hybridized carbons (Fsp3) is 0.286. The average Bonchev–Trinajstić information content (AvgIpc) is 2.69. The molecule has 2 N–H and O–H groups in total. The highest BCUT2D eigenvalue weighted by atomic mass is 19.1. The molecule has 5 nitrogen and oxygen atoms in total. The summed E-state index contributed by atoms with van der Waals surface area (Å²) in [5.41, 5.74) is 0.318. The molecule has 110 valence electrons. The number of halogens is 2. The normalized spacial score (nSPS) is 14.4. The van der Waals surface area contributed by atoms with Gasteiger partial charge in [0.1, 0.15) is 23.2 Å². The molecule has 1 aromatic heterocycles. The Morgan fingerprint density at radius 1 is 1.24 bits per heavy atom. The Hall–Kier alpha value is -2.28. The van der Waals surface area contributed by atoms with Gasteiger partial charge in [-0.05, 0) is 12.1 Å². The van der Waals surface area contributed by atoms with Crippen LogP contribution in [0.2, 0.25) is 0 Å². The van der Waals surface area contributed by atoms with Crippen molar-refractivity contribution in [3.63, 3.8) is 0 Å². The van der Waals surface area contributed by atoms with E-state index in [1.54, 1.807) is 6.20 Å². The van der Waals surface area contributed by atoms with Crippen LogP contribution in [0.4, 0.5) is 14.5 Å². The van der Waals surface area contributed by atoms with Crippen molar-refractivity contribution in [2.45, 2.75) is 13.0 Å². The van der Waals surface area contributed by atoms with E-state index in [-0.39, 0.29) is 11.4 Å². The quantitative estimate of drug-likeness (QED) is 0.883. The molecule has 0 atom stereocenters. The smallest absolute Gasteiger partial charge is 0.275 e. The summed E-state index contributed by atoms with van der Waals surface area (Å²) in [6, 6.07) is 2.87. The third kappa shape index (κ3) is 3.08. The van der Waals surface area contributed by atoms with Gasteiger partial charge in [-0.25, -0.2) is 13.8 Å². The number of aromatic nitrogens is 2. The van der Waals surface area contributed by atoms with E-state index >= 15 is 0 Å². The van der Waals surface area contributed by atoms with Crippen LogP contribution in [-0.4, -0.2) is 28.5 Å². The largest absolute Gasteiger partial charge is 0.333 e. The van der Waals surface area contributed by atoms with Gasteiger partial charge in [0, 0.05) is 44.0 Å². The lowest BCUT2D eigenvalue weighted by atomic mass is 10.3. The fourth-order valence-electron chi connectivity index (χ4n) is 2.30. The summed E-state index contributed by atoms with van der Waals surface area (Å²) in [5.74, 6) is -1.13. The van der Waals surface area contributed by atoms with E-state index in [0.717, 1.165) is 50.1 Å². The first-order valence-corrected chi connectivity index (χ1v) is 6.66. The number of carbonyl (C=O) groups is 1. The zero-order valence-corrected chi connectivity index (χ0v) is 11.2. The van der Waals surface area contributed by atoms with Gasteiger partial charge in [0.25, 0.3) is 5.91 Å². The van der Waals surface area contributed by atoms with Gasteiger partial charge in [-0.1, -0.05) is 0 Å². The van der Waals surface area contributed by atoms with E-state index in [0.29, 0.717) is 0 Å². The van der Waals surface area contributed by atoms with E-state index in [1.807, 2.05) is 4.57 Å². The summed E-state index contributed by atoms with van der Waals surface area (Å²) in [4.78, 5) is 16.4. The molecule has 2 heterocycles. The maximum atomic E-state index is 13.1. The molecule has 21 heavy (non-hydrogen) atoms. The second-order valence-corrected chi connectivity index (χ2v) is 4.85. The molecule has 0 radical (unpaired) electrons. The van der Waals surface area contributed by atoms with Crippen molar-refractivity contribution in [1.29, 1.82) is 0 Å². The summed E-state index contributed by atoms with van der Waals surface area (Å²) in [5, 5.41) is 5.69. The van der Waals surface area contributed by atoms with Gasteiger partial charge < -0.3 is 15.2 Å². The molecule has 3 rings (SSSR count). The Kier molecular flexibility index (Phi) is 3.66. The number of rotatable bonds is 2. The number of anilines is 1. The lowest BCUT2D eigenvalue weighted by Gasteiger charge is -2.03. The van der Waals surface area contributed by atoms with Gasteiger partial charge in [-0.2, -0.15) is 0 Å². The summed E-state index contributed by atoms with van der Waals surface area (Å²) >= 11 is 0. The number of nitrogens with zero attached hydrogens (tertiary/aromatic N) is 2. The van der Waals surface area contributed by atoms with Gasteiger partial charge >= 0.3 is 0 Å². The second kappa shape index (κ2) is 5.61. The van der Waals surface area contributed by atoms with E-state index in [4.69, 9.17) is 0 Å². The molecule has 0 aliphatic carbocycles. The van der Waals surface area contributed by atoms with Crippen molar-refractivity contribution in [2.75, 3.05) is 18.4 Å². The number of carbonyl (C=O) groups excluding carboxylic acids is 1. The highest BCUT2D eigenvalue weighted by Crippen LogP contribution is 2.14. The Morgan fingerprint density at radius 3 is 2.76 bits per heavy atom. The van der Waals surface area contributed by atoms with Crippen LogP contribution < -0.4 is 10.6 Å². The van der Waals surface area contributed by atoms with Crippen molar-refractivity contribution in [3.8, 4) is 0 Å². The summed E-state index contributed by atoms with van der Waals surface area (Å²) in [7, 11) is 0. The fourth-order valence-corrected chi connectivity index (χ4v) is 2.30. The Bertz CT molecular complexity index is 640. The first kappa shape index (κ1) is 13.7. The summed E-state index contributed by atoms with van der Waals surface area (Å²) < 4.78 is 28.1. The van der Waals surface area contributed by atoms with Crippen molar-refractivity contribution in [3.05, 3.63) is 47.5 Å². The van der Waals surface area contributed by atoms with E-state index < -0.39 is 17.5 Å². The van der Waals surface area contributed by atoms with Gasteiger partial charge in [0.2, 0.25) is 0 Å². The number of imidazole rings is 1. The van der Waals surface area contributed by atoms with Gasteiger partial charge in [0.05, 0.1) is 0 Å². The first-order valence-electron chi connectivity index (χ1n) is 6.66. The van der Waals surface area contributed by atoms with E-state index in [1.165, 1.54) is 0 Å². The third-order valence-electron chi connectivity index (χ3n) is 3.27. The van der Waals surface area contributed by atoms with Gasteiger partial charge in [-0.3, -0.25) is 4.79 Å². The molecule has 0 unspecified atom stereocenters. The van der Waals surface area contributed by atoms with Crippen LogP contribution >= 0.6 is 0 Å². The topological polar surface area (TPSA) is 59.0 Å². The standard InChI is InChI=1S/C14H14F2N4O/c15-9-5-10(16)7-11(6-9)18-14(21)12-8-20-4-3-17-2-1-13(20)19-12/h5-8,17H,1-4H2,(H,18,21). The average molecular weight is 292 g/mol. The molecular weight excluding hydrogens is 278 g/mol. The highest BCUT2D eigenvalue weighted by molar-refractivity contribution is 6.02. The maximum absolute atomic E-state index is 13.1. The highest BCUT2D eigenvalue weighted by Gasteiger charge is 2.16. The number of fused-ring (bicyclic) bond motifs is 1. The van der Waals surface area contributed by atoms with E-state index in [9.17, 15) is 13.6 Å². The minimum absolute atomic E-state index is 0.0716. The van der Waals surface area contributed by atoms with Crippen LogP contribution in [0.1, 0.15) is 16.3 Å². The molecule has 0 fully saturated rings. The molecular formula is C14H14F2N4O. The molecule has 0 saturated carbocycles. The summed E-state index contributed by atoms with van der Waals surface area (Å²) in [6.45, 7) is 2.37. The molecule has 1 amide bonds. The van der Waals surface area contributed by atoms with Gasteiger partial charge in [-0.15, -0.1) is 0 Å². The van der Waals surface area contributed by atoms with Crippen LogP contribution in [0.5, 0.6) is 0 Å². The van der Waals surface area contributed by atoms with Crippen LogP contribution in [0.15, 0.2) is 24.4 Å². The molecule has 0 bridgehead atoms. The van der Waals surface area contributed by atoms with Crippen LogP contribution in [0, 0.1) is 11.6 Å². The zero-order valence-electron chi connectivity index (χ0n) is 11.2. The number of hydrogen-bond acceptors (Lipinski definition) is 3. The van der Waals surface area contributed by atoms with Crippen molar-refractivity contribution in [2.24, 2.45) is 0 Å². The summed E-state index contributed by atoms with van der Waals surface area (Å²) in [6.07, 6.45) is 2.40. The van der Waals surface area contributed by atoms with Crippen LogP contribution in [0.3, 0.4) is 0 Å². The first-order chi connectivity index (χ1) is 10.1. The van der Waals surface area contributed by atoms with Crippen LogP contribution in [0.25, 0.3) is 0 Å². The predicted molar refractivity (Wildman–Crippen MR) is 73.1 cm³/mol. The molecule has 0 spiro atoms. The third-order valence-corrected chi connectivity index (χ3v) is 3.27. The number of hydrogen-bond donors (Lipinski definition) is 2. The van der Waals surface area contributed by atoms with Crippen molar-refractivity contribution >= 4 is 11.6 Å². The van der Waals surface area contributed by atoms with E-state index in [2.05, 4.69) is 15.6 Å². The number of benzene rings is 1. The molecule has 7 heteroatoms. The molecule has 2 aromatic rings. The van der Waals surface area contributed by atoms with Crippen molar-refractivity contribution in [1.82, 2.24) is 14.9 Å². The molecule has 0 saturated heterocycles. The molecule has 1 aliphatic rings.